The molecule has 0 unspecified atom stereocenters. The molecule has 6 heteroatoms. The van der Waals surface area contributed by atoms with Crippen LogP contribution in [0.25, 0.3) is 17.3 Å². The molecule has 0 saturated carbocycles. The van der Waals surface area contributed by atoms with Gasteiger partial charge in [0.25, 0.3) is 0 Å². The van der Waals surface area contributed by atoms with Crippen molar-refractivity contribution < 1.29 is 9.59 Å². The number of hydrogen-bond donors (Lipinski definition) is 2. The van der Waals surface area contributed by atoms with E-state index >= 15 is 0 Å². The summed E-state index contributed by atoms with van der Waals surface area (Å²) in [5.41, 5.74) is 3.58. The third kappa shape index (κ3) is 5.12. The second-order valence-corrected chi connectivity index (χ2v) is 6.98. The molecule has 1 heterocycles. The van der Waals surface area contributed by atoms with Crippen LogP contribution in [0.5, 0.6) is 0 Å². The number of carbonyl (C=O) groups is 2. The van der Waals surface area contributed by atoms with E-state index < -0.39 is 0 Å². The van der Waals surface area contributed by atoms with Gasteiger partial charge in [0, 0.05) is 18.6 Å². The molecule has 0 saturated heterocycles. The highest BCUT2D eigenvalue weighted by atomic mass is 32.1. The number of aryl methyl sites for hydroxylation is 1. The predicted octanol–water partition coefficient (Wildman–Crippen LogP) is 4.73. The van der Waals surface area contributed by atoms with E-state index in [1.54, 1.807) is 6.08 Å². The van der Waals surface area contributed by atoms with Gasteiger partial charge in [0.2, 0.25) is 11.8 Å². The number of anilines is 2. The van der Waals surface area contributed by atoms with Gasteiger partial charge in [-0.25, -0.2) is 4.98 Å². The summed E-state index contributed by atoms with van der Waals surface area (Å²) >= 11 is 1.23. The van der Waals surface area contributed by atoms with Gasteiger partial charge in [-0.2, -0.15) is 0 Å². The molecular weight excluding hydrogens is 358 g/mol. The van der Waals surface area contributed by atoms with Gasteiger partial charge < -0.3 is 5.32 Å². The molecule has 0 fully saturated rings. The minimum Gasteiger partial charge on any atom is -0.316 e. The second kappa shape index (κ2) is 8.42. The standard InChI is InChI=1S/C21H19N3O2S/c1-14-8-11-17(12-9-14)19-20(22-15(2)25)27-21(24-19)23-18(26)13-10-16-6-4-3-5-7-16/h3-13H,1-2H3,(H,22,25)(H,23,24,26). The molecule has 0 bridgehead atoms. The molecule has 2 aromatic carbocycles. The van der Waals surface area contributed by atoms with Gasteiger partial charge in [0.1, 0.15) is 10.7 Å². The van der Waals surface area contributed by atoms with E-state index in [0.29, 0.717) is 15.8 Å². The Labute approximate surface area is 161 Å². The first-order chi connectivity index (χ1) is 13.0. The molecule has 0 aliphatic carbocycles. The van der Waals surface area contributed by atoms with Crippen molar-refractivity contribution in [3.63, 3.8) is 0 Å². The minimum absolute atomic E-state index is 0.186. The Bertz CT molecular complexity index is 976. The van der Waals surface area contributed by atoms with Crippen molar-refractivity contribution in [2.75, 3.05) is 10.6 Å². The SMILES string of the molecule is CC(=O)Nc1sc(NC(=O)C=Cc2ccccc2)nc1-c1ccc(C)cc1. The fourth-order valence-corrected chi connectivity index (χ4v) is 3.35. The van der Waals surface area contributed by atoms with Crippen LogP contribution in [0, 0.1) is 6.92 Å². The molecule has 0 aliphatic rings. The van der Waals surface area contributed by atoms with Crippen molar-refractivity contribution >= 4 is 39.4 Å². The van der Waals surface area contributed by atoms with Crippen LogP contribution in [0.4, 0.5) is 10.1 Å². The summed E-state index contributed by atoms with van der Waals surface area (Å²) in [7, 11) is 0. The van der Waals surface area contributed by atoms with Crippen molar-refractivity contribution in [2.24, 2.45) is 0 Å². The van der Waals surface area contributed by atoms with Gasteiger partial charge in [-0.1, -0.05) is 71.5 Å². The molecule has 2 amide bonds. The number of amides is 2. The van der Waals surface area contributed by atoms with E-state index in [-0.39, 0.29) is 11.8 Å². The molecule has 3 rings (SSSR count). The third-order valence-electron chi connectivity index (χ3n) is 3.70. The summed E-state index contributed by atoms with van der Waals surface area (Å²) in [6.45, 7) is 3.45. The van der Waals surface area contributed by atoms with Gasteiger partial charge in [0.15, 0.2) is 5.13 Å². The lowest BCUT2D eigenvalue weighted by molar-refractivity contribution is -0.114. The smallest absolute Gasteiger partial charge is 0.250 e. The zero-order valence-corrected chi connectivity index (χ0v) is 15.8. The summed E-state index contributed by atoms with van der Waals surface area (Å²) in [4.78, 5) is 28.2. The highest BCUT2D eigenvalue weighted by molar-refractivity contribution is 7.20. The number of aromatic nitrogens is 1. The number of thiazole rings is 1. The second-order valence-electron chi connectivity index (χ2n) is 5.98. The van der Waals surface area contributed by atoms with Crippen LogP contribution in [-0.2, 0) is 9.59 Å². The molecule has 136 valence electrons. The molecule has 5 nitrogen and oxygen atoms in total. The van der Waals surface area contributed by atoms with Crippen LogP contribution in [0.2, 0.25) is 0 Å². The fraction of sp³-hybridized carbons (Fsp3) is 0.0952. The average molecular weight is 377 g/mol. The number of rotatable bonds is 5. The van der Waals surface area contributed by atoms with Gasteiger partial charge in [-0.3, -0.25) is 14.9 Å². The largest absolute Gasteiger partial charge is 0.316 e. The van der Waals surface area contributed by atoms with E-state index in [1.165, 1.54) is 24.3 Å². The Balaban J connectivity index is 1.81. The van der Waals surface area contributed by atoms with Crippen LogP contribution in [-0.4, -0.2) is 16.8 Å². The topological polar surface area (TPSA) is 71.1 Å². The Hall–Kier alpha value is -3.25. The highest BCUT2D eigenvalue weighted by Gasteiger charge is 2.15. The Morgan fingerprint density at radius 2 is 1.70 bits per heavy atom. The molecule has 0 spiro atoms. The molecule has 0 radical (unpaired) electrons. The van der Waals surface area contributed by atoms with Crippen molar-refractivity contribution in [2.45, 2.75) is 13.8 Å². The average Bonchev–Trinajstić information content (AvgIpc) is 3.03. The van der Waals surface area contributed by atoms with Crippen LogP contribution < -0.4 is 10.6 Å². The number of hydrogen-bond acceptors (Lipinski definition) is 4. The summed E-state index contributed by atoms with van der Waals surface area (Å²) in [6.07, 6.45) is 3.19. The predicted molar refractivity (Wildman–Crippen MR) is 111 cm³/mol. The summed E-state index contributed by atoms with van der Waals surface area (Å²) < 4.78 is 0. The van der Waals surface area contributed by atoms with E-state index in [0.717, 1.165) is 16.7 Å². The number of carbonyl (C=O) groups excluding carboxylic acids is 2. The zero-order chi connectivity index (χ0) is 19.2. The van der Waals surface area contributed by atoms with Crippen LogP contribution in [0.3, 0.4) is 0 Å². The maximum atomic E-state index is 12.2. The van der Waals surface area contributed by atoms with Gasteiger partial charge in [0.05, 0.1) is 0 Å². The lowest BCUT2D eigenvalue weighted by Gasteiger charge is -2.02. The van der Waals surface area contributed by atoms with Gasteiger partial charge in [-0.15, -0.1) is 0 Å². The van der Waals surface area contributed by atoms with E-state index in [4.69, 9.17) is 0 Å². The Kier molecular flexibility index (Phi) is 5.78. The summed E-state index contributed by atoms with van der Waals surface area (Å²) in [5, 5.41) is 6.58. The highest BCUT2D eigenvalue weighted by Crippen LogP contribution is 2.36. The summed E-state index contributed by atoms with van der Waals surface area (Å²) in [6, 6.07) is 17.4. The van der Waals surface area contributed by atoms with Crippen molar-refractivity contribution in [1.82, 2.24) is 4.98 Å². The van der Waals surface area contributed by atoms with Crippen LogP contribution >= 0.6 is 11.3 Å². The molecule has 1 aromatic heterocycles. The number of benzene rings is 2. The minimum atomic E-state index is -0.280. The normalized spacial score (nSPS) is 10.7. The maximum Gasteiger partial charge on any atom is 0.250 e. The van der Waals surface area contributed by atoms with E-state index in [1.807, 2.05) is 61.5 Å². The van der Waals surface area contributed by atoms with Crippen molar-refractivity contribution in [3.8, 4) is 11.3 Å². The number of nitrogens with one attached hydrogen (secondary N) is 2. The molecule has 0 atom stereocenters. The zero-order valence-electron chi connectivity index (χ0n) is 15.0. The molecule has 27 heavy (non-hydrogen) atoms. The van der Waals surface area contributed by atoms with Gasteiger partial charge in [-0.05, 0) is 18.6 Å². The summed E-state index contributed by atoms with van der Waals surface area (Å²) in [5.74, 6) is -0.466. The molecule has 3 aromatic rings. The monoisotopic (exact) mass is 377 g/mol. The molecule has 0 aliphatic heterocycles. The quantitative estimate of drug-likeness (QED) is 0.632. The molecule has 2 N–H and O–H groups in total. The maximum absolute atomic E-state index is 12.2. The Morgan fingerprint density at radius 1 is 1.00 bits per heavy atom. The van der Waals surface area contributed by atoms with Crippen LogP contribution in [0.15, 0.2) is 60.7 Å². The Morgan fingerprint density at radius 3 is 2.37 bits per heavy atom. The number of nitrogens with zero attached hydrogens (tertiary/aromatic N) is 1. The fourth-order valence-electron chi connectivity index (χ4n) is 2.41. The first kappa shape index (κ1) is 18.5. The first-order valence-corrected chi connectivity index (χ1v) is 9.22. The van der Waals surface area contributed by atoms with E-state index in [9.17, 15) is 9.59 Å². The van der Waals surface area contributed by atoms with Crippen LogP contribution in [0.1, 0.15) is 18.1 Å². The van der Waals surface area contributed by atoms with Gasteiger partial charge >= 0.3 is 0 Å². The van der Waals surface area contributed by atoms with Crippen molar-refractivity contribution in [3.05, 3.63) is 71.8 Å². The van der Waals surface area contributed by atoms with Crippen molar-refractivity contribution in [1.29, 1.82) is 0 Å². The molecular formula is C21H19N3O2S. The lowest BCUT2D eigenvalue weighted by atomic mass is 10.1. The van der Waals surface area contributed by atoms with E-state index in [2.05, 4.69) is 15.6 Å². The third-order valence-corrected chi connectivity index (χ3v) is 4.58. The first-order valence-electron chi connectivity index (χ1n) is 8.41. The lowest BCUT2D eigenvalue weighted by Crippen LogP contribution is -2.07.